The summed E-state index contributed by atoms with van der Waals surface area (Å²) >= 11 is 6.43. The van der Waals surface area contributed by atoms with Gasteiger partial charge in [0.25, 0.3) is 0 Å². The molecule has 1 spiro atoms. The second kappa shape index (κ2) is 6.59. The first kappa shape index (κ1) is 17.4. The zero-order valence-electron chi connectivity index (χ0n) is 15.1. The third-order valence-electron chi connectivity index (χ3n) is 5.43. The molecule has 0 atom stereocenters. The van der Waals surface area contributed by atoms with E-state index in [1.807, 2.05) is 13.0 Å². The Hall–Kier alpha value is -2.05. The van der Waals surface area contributed by atoms with E-state index < -0.39 is 0 Å². The maximum Gasteiger partial charge on any atom is 0.222 e. The Kier molecular flexibility index (Phi) is 4.40. The Balaban J connectivity index is 1.64. The average molecular weight is 375 g/mol. The lowest BCUT2D eigenvalue weighted by atomic mass is 9.79. The maximum absolute atomic E-state index is 6.43. The summed E-state index contributed by atoms with van der Waals surface area (Å²) in [6.45, 7) is 4.15. The van der Waals surface area contributed by atoms with Crippen LogP contribution in [0.4, 0.5) is 11.8 Å². The molecule has 3 heterocycles. The first-order valence-corrected chi connectivity index (χ1v) is 9.27. The SMILES string of the molecule is COc1cccc2c1C1(CCN(c3nc(N)nc(C)c3Cl)CC1)OCC2. The first-order chi connectivity index (χ1) is 12.5. The molecule has 1 aromatic heterocycles. The fourth-order valence-corrected chi connectivity index (χ4v) is 4.35. The van der Waals surface area contributed by atoms with Crippen LogP contribution in [-0.2, 0) is 16.8 Å². The Bertz CT molecular complexity index is 820. The predicted octanol–water partition coefficient (Wildman–Crippen LogP) is 3.10. The van der Waals surface area contributed by atoms with Crippen molar-refractivity contribution in [3.63, 3.8) is 0 Å². The van der Waals surface area contributed by atoms with E-state index in [0.29, 0.717) is 16.5 Å². The molecule has 0 saturated carbocycles. The quantitative estimate of drug-likeness (QED) is 0.870. The van der Waals surface area contributed by atoms with Gasteiger partial charge in [0.15, 0.2) is 5.82 Å². The number of benzene rings is 1. The highest BCUT2D eigenvalue weighted by Gasteiger charge is 2.43. The topological polar surface area (TPSA) is 73.5 Å². The van der Waals surface area contributed by atoms with Gasteiger partial charge in [-0.15, -0.1) is 0 Å². The Morgan fingerprint density at radius 3 is 2.77 bits per heavy atom. The normalized spacial score (nSPS) is 18.7. The van der Waals surface area contributed by atoms with Gasteiger partial charge in [0.1, 0.15) is 16.4 Å². The van der Waals surface area contributed by atoms with E-state index >= 15 is 0 Å². The highest BCUT2D eigenvalue weighted by molar-refractivity contribution is 6.33. The van der Waals surface area contributed by atoms with Crippen LogP contribution in [0.2, 0.25) is 5.02 Å². The van der Waals surface area contributed by atoms with E-state index in [9.17, 15) is 0 Å². The van der Waals surface area contributed by atoms with Gasteiger partial charge in [0, 0.05) is 18.7 Å². The summed E-state index contributed by atoms with van der Waals surface area (Å²) in [6, 6.07) is 6.25. The van der Waals surface area contributed by atoms with Crippen molar-refractivity contribution < 1.29 is 9.47 Å². The van der Waals surface area contributed by atoms with Crippen molar-refractivity contribution in [2.75, 3.05) is 37.4 Å². The molecule has 7 heteroatoms. The zero-order chi connectivity index (χ0) is 18.3. The lowest BCUT2D eigenvalue weighted by Crippen LogP contribution is -2.47. The number of aromatic nitrogens is 2. The van der Waals surface area contributed by atoms with Gasteiger partial charge in [-0.05, 0) is 37.8 Å². The maximum atomic E-state index is 6.43. The second-order valence-corrected chi connectivity index (χ2v) is 7.26. The number of fused-ring (bicyclic) bond motifs is 2. The molecule has 1 aromatic carbocycles. The second-order valence-electron chi connectivity index (χ2n) is 6.88. The molecular weight excluding hydrogens is 352 g/mol. The minimum Gasteiger partial charge on any atom is -0.496 e. The predicted molar refractivity (Wildman–Crippen MR) is 102 cm³/mol. The van der Waals surface area contributed by atoms with Crippen molar-refractivity contribution in [3.05, 3.63) is 40.0 Å². The van der Waals surface area contributed by atoms with Crippen LogP contribution in [0.1, 0.15) is 29.7 Å². The Morgan fingerprint density at radius 2 is 2.04 bits per heavy atom. The zero-order valence-corrected chi connectivity index (χ0v) is 15.8. The number of hydrogen-bond donors (Lipinski definition) is 1. The number of nitrogens with two attached hydrogens (primary N) is 1. The first-order valence-electron chi connectivity index (χ1n) is 8.89. The van der Waals surface area contributed by atoms with Crippen molar-refractivity contribution in [1.29, 1.82) is 0 Å². The Morgan fingerprint density at radius 1 is 1.27 bits per heavy atom. The summed E-state index contributed by atoms with van der Waals surface area (Å²) in [5.41, 5.74) is 8.75. The fourth-order valence-electron chi connectivity index (χ4n) is 4.15. The Labute approximate surface area is 158 Å². The molecule has 2 aliphatic heterocycles. The highest BCUT2D eigenvalue weighted by atomic mass is 35.5. The summed E-state index contributed by atoms with van der Waals surface area (Å²) < 4.78 is 12.0. The molecule has 26 heavy (non-hydrogen) atoms. The molecule has 2 N–H and O–H groups in total. The number of methoxy groups -OCH3 is 1. The van der Waals surface area contributed by atoms with Crippen LogP contribution in [0, 0.1) is 6.92 Å². The third kappa shape index (κ3) is 2.77. The van der Waals surface area contributed by atoms with Gasteiger partial charge in [-0.3, -0.25) is 0 Å². The van der Waals surface area contributed by atoms with Crippen molar-refractivity contribution in [1.82, 2.24) is 9.97 Å². The molecule has 0 radical (unpaired) electrons. The lowest BCUT2D eigenvalue weighted by molar-refractivity contribution is -0.0780. The number of nitrogen functional groups attached to an aromatic ring is 1. The van der Waals surface area contributed by atoms with Crippen molar-refractivity contribution in [3.8, 4) is 5.75 Å². The monoisotopic (exact) mass is 374 g/mol. The van der Waals surface area contributed by atoms with Gasteiger partial charge in [-0.25, -0.2) is 4.98 Å². The van der Waals surface area contributed by atoms with E-state index in [2.05, 4.69) is 27.0 Å². The highest BCUT2D eigenvalue weighted by Crippen LogP contribution is 2.46. The standard InChI is InChI=1S/C19H23ClN4O2/c1-12-16(20)17(23-18(21)22-12)24-9-7-19(8-10-24)15-13(6-11-26-19)4-3-5-14(15)25-2/h3-5H,6-11H2,1-2H3,(H2,21,22,23). The molecular formula is C19H23ClN4O2. The van der Waals surface area contributed by atoms with Crippen LogP contribution in [0.3, 0.4) is 0 Å². The van der Waals surface area contributed by atoms with Gasteiger partial charge in [-0.2, -0.15) is 4.98 Å². The number of piperidine rings is 1. The molecule has 0 amide bonds. The van der Waals surface area contributed by atoms with Gasteiger partial charge in [0.2, 0.25) is 5.95 Å². The number of rotatable bonds is 2. The van der Waals surface area contributed by atoms with E-state index in [1.165, 1.54) is 11.1 Å². The molecule has 1 saturated heterocycles. The van der Waals surface area contributed by atoms with Crippen molar-refractivity contribution in [2.45, 2.75) is 31.8 Å². The van der Waals surface area contributed by atoms with Crippen LogP contribution >= 0.6 is 11.6 Å². The summed E-state index contributed by atoms with van der Waals surface area (Å²) in [5.74, 6) is 1.88. The van der Waals surface area contributed by atoms with Crippen LogP contribution in [0.15, 0.2) is 18.2 Å². The molecule has 0 aliphatic carbocycles. The summed E-state index contributed by atoms with van der Waals surface area (Å²) in [4.78, 5) is 10.7. The van der Waals surface area contributed by atoms with E-state index in [1.54, 1.807) is 7.11 Å². The summed E-state index contributed by atoms with van der Waals surface area (Å²) in [7, 11) is 1.72. The van der Waals surface area contributed by atoms with E-state index in [-0.39, 0.29) is 11.5 Å². The third-order valence-corrected chi connectivity index (χ3v) is 5.87. The number of halogens is 1. The fraction of sp³-hybridized carbons (Fsp3) is 0.474. The van der Waals surface area contributed by atoms with Gasteiger partial charge >= 0.3 is 0 Å². The number of hydrogen-bond acceptors (Lipinski definition) is 6. The molecule has 138 valence electrons. The van der Waals surface area contributed by atoms with E-state index in [4.69, 9.17) is 26.8 Å². The van der Waals surface area contributed by atoms with Crippen molar-refractivity contribution >= 4 is 23.4 Å². The van der Waals surface area contributed by atoms with Crippen molar-refractivity contribution in [2.24, 2.45) is 0 Å². The van der Waals surface area contributed by atoms with Gasteiger partial charge < -0.3 is 20.1 Å². The molecule has 2 aromatic rings. The molecule has 0 bridgehead atoms. The smallest absolute Gasteiger partial charge is 0.222 e. The minimum atomic E-state index is -0.309. The van der Waals surface area contributed by atoms with Crippen LogP contribution in [-0.4, -0.2) is 36.8 Å². The van der Waals surface area contributed by atoms with Crippen LogP contribution < -0.4 is 15.4 Å². The lowest BCUT2D eigenvalue weighted by Gasteiger charge is -2.45. The average Bonchev–Trinajstić information content (AvgIpc) is 2.65. The van der Waals surface area contributed by atoms with Crippen LogP contribution in [0.25, 0.3) is 0 Å². The molecule has 1 fully saturated rings. The molecule has 4 rings (SSSR count). The summed E-state index contributed by atoms with van der Waals surface area (Å²) in [5, 5.41) is 0.567. The number of aryl methyl sites for hydroxylation is 1. The molecule has 0 unspecified atom stereocenters. The number of anilines is 2. The van der Waals surface area contributed by atoms with Gasteiger partial charge in [-0.1, -0.05) is 23.7 Å². The number of ether oxygens (including phenoxy) is 2. The minimum absolute atomic E-state index is 0.253. The van der Waals surface area contributed by atoms with Crippen LogP contribution in [0.5, 0.6) is 5.75 Å². The van der Waals surface area contributed by atoms with E-state index in [0.717, 1.165) is 44.7 Å². The van der Waals surface area contributed by atoms with Gasteiger partial charge in [0.05, 0.1) is 19.4 Å². The molecule has 2 aliphatic rings. The largest absolute Gasteiger partial charge is 0.496 e. The summed E-state index contributed by atoms with van der Waals surface area (Å²) in [6.07, 6.45) is 2.62. The number of nitrogens with zero attached hydrogens (tertiary/aromatic N) is 3. The molecule has 6 nitrogen and oxygen atoms in total.